The first-order chi connectivity index (χ1) is 0. The fraction of sp³-hybridized carbons (Fsp3) is 0. The Morgan fingerprint density at radius 2 is 0.600 bits per heavy atom. The minimum Gasteiger partial charge on any atom is -1.00 e. The van der Waals surface area contributed by atoms with E-state index in [0.29, 0.717) is 0 Å². The zero-order chi connectivity index (χ0) is 0. The van der Waals surface area contributed by atoms with E-state index in [-0.39, 0.29) is 80.8 Å². The first-order valence-corrected chi connectivity index (χ1v) is 0. The van der Waals surface area contributed by atoms with E-state index in [9.17, 15) is 0 Å². The van der Waals surface area contributed by atoms with Gasteiger partial charge in [0.1, 0.15) is 0 Å². The summed E-state index contributed by atoms with van der Waals surface area (Å²) < 4.78 is 0. The minimum atomic E-state index is 0. The molecule has 5 heteroatoms. The van der Waals surface area contributed by atoms with Gasteiger partial charge in [0.15, 0.2) is 0 Å². The molecule has 5 heavy (non-hydrogen) atoms. The smallest absolute Gasteiger partial charge is 1.00 e. The van der Waals surface area contributed by atoms with Gasteiger partial charge < -0.3 is 37.2 Å². The van der Waals surface area contributed by atoms with Crippen LogP contribution in [-0.2, 0) is 26.2 Å². The maximum absolute atomic E-state index is 0. The molecule has 0 rings (SSSR count). The van der Waals surface area contributed by atoms with Crippen LogP contribution >= 0.6 is 0 Å². The number of hydrogen-bond acceptors (Lipinski definition) is 0. The van der Waals surface area contributed by atoms with E-state index in [1.54, 1.807) is 0 Å². The van der Waals surface area contributed by atoms with E-state index >= 15 is 0 Å². The maximum Gasteiger partial charge on any atom is 4.00 e. The van der Waals surface area contributed by atoms with Crippen LogP contribution in [0.4, 0.5) is 0 Å². The van der Waals surface area contributed by atoms with Gasteiger partial charge in [-0.05, 0) is 0 Å². The van der Waals surface area contributed by atoms with Gasteiger partial charge in [0.2, 0.25) is 0 Å². The molecule has 24 valence electrons. The average molecular weight is 225 g/mol. The van der Waals surface area contributed by atoms with E-state index in [1.165, 1.54) is 0 Å². The first-order valence-electron chi connectivity index (χ1n) is 0. The Morgan fingerprint density at radius 1 is 0.600 bits per heavy atom. The predicted molar refractivity (Wildman–Crippen MR) is 5.75 cm³/mol. The van der Waals surface area contributed by atoms with Gasteiger partial charge in [-0.15, -0.1) is 0 Å². The molecular formula is AlCl3Zr+4. The molecule has 0 nitrogen and oxygen atoms in total. The molecule has 0 aliphatic rings. The predicted octanol–water partition coefficient (Wildman–Crippen LogP) is -9.37. The van der Waals surface area contributed by atoms with Gasteiger partial charge in [-0.3, -0.25) is 0 Å². The normalized spacial score (nSPS) is 0. The summed E-state index contributed by atoms with van der Waals surface area (Å²) in [7, 11) is 0. The van der Waals surface area contributed by atoms with Gasteiger partial charge in [-0.25, -0.2) is 0 Å². The first kappa shape index (κ1) is 55.1. The molecule has 0 spiro atoms. The standard InChI is InChI=1S/Al.3ClH.Zr/h;3*1H;/q+3;;;;+4/p-3. The minimum absolute atomic E-state index is 0. The third-order valence-electron chi connectivity index (χ3n) is 0. The van der Waals surface area contributed by atoms with Gasteiger partial charge in [0.05, 0.1) is 0 Å². The largest absolute Gasteiger partial charge is 4.00 e. The van der Waals surface area contributed by atoms with Crippen molar-refractivity contribution in [2.75, 3.05) is 0 Å². The van der Waals surface area contributed by atoms with Crippen LogP contribution in [0.25, 0.3) is 0 Å². The van der Waals surface area contributed by atoms with Crippen LogP contribution in [-0.4, -0.2) is 17.4 Å². The van der Waals surface area contributed by atoms with Gasteiger partial charge >= 0.3 is 43.6 Å². The average Bonchev–Trinajstić information content (AvgIpc) is 0. The van der Waals surface area contributed by atoms with Gasteiger partial charge in [0.25, 0.3) is 0 Å². The summed E-state index contributed by atoms with van der Waals surface area (Å²) in [5.41, 5.74) is 0. The van der Waals surface area contributed by atoms with Crippen molar-refractivity contribution in [3.63, 3.8) is 0 Å². The molecular weight excluding hydrogens is 225 g/mol. The second-order valence-electron chi connectivity index (χ2n) is 0. The summed E-state index contributed by atoms with van der Waals surface area (Å²) in [4.78, 5) is 0. The molecule has 0 saturated carbocycles. The van der Waals surface area contributed by atoms with Crippen LogP contribution in [0, 0.1) is 0 Å². The Kier molecular flexibility index (Phi) is 370. The van der Waals surface area contributed by atoms with Crippen molar-refractivity contribution in [2.24, 2.45) is 0 Å². The number of rotatable bonds is 0. The van der Waals surface area contributed by atoms with Crippen LogP contribution in [0.1, 0.15) is 0 Å². The van der Waals surface area contributed by atoms with Crippen molar-refractivity contribution in [3.8, 4) is 0 Å². The molecule has 0 aliphatic heterocycles. The molecule has 0 unspecified atom stereocenters. The molecule has 0 aliphatic carbocycles. The monoisotopic (exact) mass is 222 g/mol. The maximum atomic E-state index is 0. The molecule has 0 radical (unpaired) electrons. The molecule has 0 bridgehead atoms. The second kappa shape index (κ2) is 33.6. The Balaban J connectivity index is 0. The molecule has 0 atom stereocenters. The van der Waals surface area contributed by atoms with Crippen LogP contribution in [0.2, 0.25) is 0 Å². The van der Waals surface area contributed by atoms with Crippen molar-refractivity contribution < 1.29 is 63.4 Å². The Hall–Kier alpha value is 2.29. The third kappa shape index (κ3) is 22.1. The van der Waals surface area contributed by atoms with Crippen LogP contribution in [0.5, 0.6) is 0 Å². The van der Waals surface area contributed by atoms with Crippen molar-refractivity contribution >= 4 is 17.4 Å². The van der Waals surface area contributed by atoms with E-state index < -0.39 is 0 Å². The van der Waals surface area contributed by atoms with E-state index in [1.807, 2.05) is 0 Å². The number of hydrogen-bond donors (Lipinski definition) is 0. The van der Waals surface area contributed by atoms with Crippen molar-refractivity contribution in [1.29, 1.82) is 0 Å². The molecule has 0 fully saturated rings. The zero-order valence-corrected chi connectivity index (χ0v) is 8.09. The van der Waals surface area contributed by atoms with E-state index in [2.05, 4.69) is 0 Å². The molecule has 0 aromatic heterocycles. The van der Waals surface area contributed by atoms with Crippen molar-refractivity contribution in [1.82, 2.24) is 0 Å². The Bertz CT molecular complexity index is 6.85. The Labute approximate surface area is 79.9 Å². The quantitative estimate of drug-likeness (QED) is 0.359. The number of halogens is 3. The summed E-state index contributed by atoms with van der Waals surface area (Å²) in [5, 5.41) is 0. The molecule has 0 N–H and O–H groups in total. The summed E-state index contributed by atoms with van der Waals surface area (Å²) in [5.74, 6) is 0. The van der Waals surface area contributed by atoms with Crippen molar-refractivity contribution in [2.45, 2.75) is 0 Å². The third-order valence-corrected chi connectivity index (χ3v) is 0. The van der Waals surface area contributed by atoms with Crippen LogP contribution < -0.4 is 37.2 Å². The summed E-state index contributed by atoms with van der Waals surface area (Å²) >= 11 is 0. The van der Waals surface area contributed by atoms with Crippen LogP contribution in [0.15, 0.2) is 0 Å². The molecule has 0 heterocycles. The van der Waals surface area contributed by atoms with Gasteiger partial charge in [0, 0.05) is 0 Å². The van der Waals surface area contributed by atoms with Gasteiger partial charge in [-0.2, -0.15) is 0 Å². The van der Waals surface area contributed by atoms with Crippen molar-refractivity contribution in [3.05, 3.63) is 0 Å². The van der Waals surface area contributed by atoms with E-state index in [0.717, 1.165) is 0 Å². The zero-order valence-electron chi connectivity index (χ0n) is 2.21. The van der Waals surface area contributed by atoms with E-state index in [4.69, 9.17) is 0 Å². The fourth-order valence-electron chi connectivity index (χ4n) is 0. The topological polar surface area (TPSA) is 0 Å². The fourth-order valence-corrected chi connectivity index (χ4v) is 0. The molecule has 0 aromatic carbocycles. The molecule has 0 aromatic rings. The molecule has 0 saturated heterocycles. The SMILES string of the molecule is [Al+3].[Cl-].[Cl-].[Cl-].[Zr+4]. The summed E-state index contributed by atoms with van der Waals surface area (Å²) in [6.45, 7) is 0. The second-order valence-corrected chi connectivity index (χ2v) is 0. The summed E-state index contributed by atoms with van der Waals surface area (Å²) in [6.07, 6.45) is 0. The van der Waals surface area contributed by atoms with Crippen LogP contribution in [0.3, 0.4) is 0 Å². The summed E-state index contributed by atoms with van der Waals surface area (Å²) in [6, 6.07) is 0. The van der Waals surface area contributed by atoms with Gasteiger partial charge in [-0.1, -0.05) is 0 Å². The Morgan fingerprint density at radius 3 is 0.600 bits per heavy atom. The molecule has 0 amide bonds.